The maximum Gasteiger partial charge on any atom is 0.264 e. The molecule has 1 aliphatic rings. The predicted molar refractivity (Wildman–Crippen MR) is 125 cm³/mol. The van der Waals surface area contributed by atoms with Gasteiger partial charge in [-0.15, -0.1) is 0 Å². The number of carbonyl (C=O) groups excluding carboxylic acids is 1. The lowest BCUT2D eigenvalue weighted by molar-refractivity contribution is 0.0950. The van der Waals surface area contributed by atoms with E-state index in [4.69, 9.17) is 0 Å². The van der Waals surface area contributed by atoms with Crippen LogP contribution in [0.25, 0.3) is 0 Å². The van der Waals surface area contributed by atoms with Gasteiger partial charge in [0, 0.05) is 25.7 Å². The fourth-order valence-corrected chi connectivity index (χ4v) is 5.34. The van der Waals surface area contributed by atoms with Crippen molar-refractivity contribution in [2.24, 2.45) is 5.92 Å². The van der Waals surface area contributed by atoms with Crippen LogP contribution in [-0.2, 0) is 10.0 Å². The molecule has 6 nitrogen and oxygen atoms in total. The molecular formula is C24H33N3O3S. The summed E-state index contributed by atoms with van der Waals surface area (Å²) in [4.78, 5) is 15.3. The average Bonchev–Trinajstić information content (AvgIpc) is 2.77. The molecule has 0 unspecified atom stereocenters. The fraction of sp³-hybridized carbons (Fsp3) is 0.458. The van der Waals surface area contributed by atoms with Gasteiger partial charge in [-0.2, -0.15) is 0 Å². The molecule has 0 radical (unpaired) electrons. The Morgan fingerprint density at radius 3 is 2.65 bits per heavy atom. The van der Waals surface area contributed by atoms with E-state index in [1.54, 1.807) is 48.5 Å². The third-order valence-corrected chi connectivity index (χ3v) is 7.68. The zero-order valence-corrected chi connectivity index (χ0v) is 19.5. The molecule has 1 N–H and O–H groups in total. The third-order valence-electron chi connectivity index (χ3n) is 5.89. The number of aryl methyl sites for hydroxylation is 1. The Labute approximate surface area is 186 Å². The first-order valence-electron chi connectivity index (χ1n) is 10.9. The van der Waals surface area contributed by atoms with Gasteiger partial charge >= 0.3 is 0 Å². The molecule has 0 aromatic heterocycles. The maximum absolute atomic E-state index is 13.0. The number of carbonyl (C=O) groups is 1. The van der Waals surface area contributed by atoms with E-state index in [2.05, 4.69) is 17.1 Å². The van der Waals surface area contributed by atoms with Crippen LogP contribution in [0.5, 0.6) is 0 Å². The molecule has 1 aliphatic heterocycles. The second-order valence-corrected chi connectivity index (χ2v) is 10.4. The van der Waals surface area contributed by atoms with Crippen molar-refractivity contribution in [3.63, 3.8) is 0 Å². The van der Waals surface area contributed by atoms with Gasteiger partial charge in [0.2, 0.25) is 0 Å². The smallest absolute Gasteiger partial charge is 0.264 e. The molecule has 0 spiro atoms. The van der Waals surface area contributed by atoms with Crippen LogP contribution in [0, 0.1) is 12.8 Å². The standard InChI is InChI=1S/C24H33N3O3S/c1-19-9-7-15-27(18-19)16-8-14-25-24(28)21-13-12-20(2)23(17-21)26(3)31(29,30)22-10-5-4-6-11-22/h4-6,10-13,17,19H,7-9,14-16,18H2,1-3H3,(H,25,28)/t19-/m0/s1. The van der Waals surface area contributed by atoms with Gasteiger partial charge in [-0.3, -0.25) is 9.10 Å². The molecule has 1 saturated heterocycles. The summed E-state index contributed by atoms with van der Waals surface area (Å²) in [5.41, 5.74) is 1.75. The van der Waals surface area contributed by atoms with Crippen molar-refractivity contribution in [2.45, 2.75) is 38.0 Å². The monoisotopic (exact) mass is 443 g/mol. The Morgan fingerprint density at radius 2 is 1.94 bits per heavy atom. The summed E-state index contributed by atoms with van der Waals surface area (Å²) in [6.07, 6.45) is 3.45. The van der Waals surface area contributed by atoms with Crippen LogP contribution in [-0.4, -0.2) is 52.5 Å². The van der Waals surface area contributed by atoms with Crippen molar-refractivity contribution in [3.8, 4) is 0 Å². The van der Waals surface area contributed by atoms with Crippen LogP contribution < -0.4 is 9.62 Å². The van der Waals surface area contributed by atoms with Gasteiger partial charge in [0.15, 0.2) is 0 Å². The second kappa shape index (κ2) is 10.3. The van der Waals surface area contributed by atoms with Crippen LogP contribution in [0.2, 0.25) is 0 Å². The second-order valence-electron chi connectivity index (χ2n) is 8.44. The number of nitrogens with one attached hydrogen (secondary N) is 1. The minimum atomic E-state index is -3.70. The van der Waals surface area contributed by atoms with Gasteiger partial charge in [0.05, 0.1) is 10.6 Å². The summed E-state index contributed by atoms with van der Waals surface area (Å²) in [5.74, 6) is 0.567. The summed E-state index contributed by atoms with van der Waals surface area (Å²) < 4.78 is 27.2. The highest BCUT2D eigenvalue weighted by Crippen LogP contribution is 2.26. The first-order chi connectivity index (χ1) is 14.8. The van der Waals surface area contributed by atoms with Crippen LogP contribution in [0.15, 0.2) is 53.4 Å². The molecular weight excluding hydrogens is 410 g/mol. The molecule has 2 aromatic rings. The van der Waals surface area contributed by atoms with E-state index in [9.17, 15) is 13.2 Å². The lowest BCUT2D eigenvalue weighted by Crippen LogP contribution is -2.36. The van der Waals surface area contributed by atoms with Crippen molar-refractivity contribution >= 4 is 21.6 Å². The largest absolute Gasteiger partial charge is 0.352 e. The Bertz CT molecular complexity index is 992. The lowest BCUT2D eigenvalue weighted by atomic mass is 10.0. The van der Waals surface area contributed by atoms with E-state index < -0.39 is 10.0 Å². The number of piperidine rings is 1. The summed E-state index contributed by atoms with van der Waals surface area (Å²) in [6, 6.07) is 13.5. The maximum atomic E-state index is 13.0. The Kier molecular flexibility index (Phi) is 7.73. The molecule has 7 heteroatoms. The quantitative estimate of drug-likeness (QED) is 0.632. The van der Waals surface area contributed by atoms with Gasteiger partial charge in [0.25, 0.3) is 15.9 Å². The molecule has 168 valence electrons. The normalized spacial score (nSPS) is 17.3. The molecule has 1 atom stereocenters. The Morgan fingerprint density at radius 1 is 1.19 bits per heavy atom. The van der Waals surface area contributed by atoms with E-state index in [-0.39, 0.29) is 10.8 Å². The lowest BCUT2D eigenvalue weighted by Gasteiger charge is -2.30. The molecule has 0 saturated carbocycles. The molecule has 3 rings (SSSR count). The molecule has 1 amide bonds. The summed E-state index contributed by atoms with van der Waals surface area (Å²) in [5, 5.41) is 2.97. The van der Waals surface area contributed by atoms with E-state index in [1.165, 1.54) is 24.2 Å². The highest BCUT2D eigenvalue weighted by Gasteiger charge is 2.23. The van der Waals surface area contributed by atoms with E-state index in [0.29, 0.717) is 17.8 Å². The number of nitrogens with zero attached hydrogens (tertiary/aromatic N) is 2. The first-order valence-corrected chi connectivity index (χ1v) is 12.4. The number of amides is 1. The zero-order chi connectivity index (χ0) is 22.4. The molecule has 1 heterocycles. The van der Waals surface area contributed by atoms with E-state index >= 15 is 0 Å². The van der Waals surface area contributed by atoms with Crippen molar-refractivity contribution < 1.29 is 13.2 Å². The Balaban J connectivity index is 1.62. The fourth-order valence-electron chi connectivity index (χ4n) is 4.07. The van der Waals surface area contributed by atoms with Gasteiger partial charge in [-0.25, -0.2) is 8.42 Å². The van der Waals surface area contributed by atoms with Crippen molar-refractivity contribution in [3.05, 3.63) is 59.7 Å². The summed E-state index contributed by atoms with van der Waals surface area (Å²) in [6.45, 7) is 8.00. The number of rotatable bonds is 8. The molecule has 0 aliphatic carbocycles. The van der Waals surface area contributed by atoms with Gasteiger partial charge in [-0.05, 0) is 75.0 Å². The first kappa shape index (κ1) is 23.3. The number of anilines is 1. The number of sulfonamides is 1. The number of hydrogen-bond acceptors (Lipinski definition) is 4. The van der Waals surface area contributed by atoms with Crippen LogP contribution in [0.3, 0.4) is 0 Å². The van der Waals surface area contributed by atoms with Crippen molar-refractivity contribution in [1.82, 2.24) is 10.2 Å². The number of likely N-dealkylation sites (tertiary alicyclic amines) is 1. The minimum Gasteiger partial charge on any atom is -0.352 e. The van der Waals surface area contributed by atoms with Crippen molar-refractivity contribution in [2.75, 3.05) is 37.5 Å². The summed E-state index contributed by atoms with van der Waals surface area (Å²) in [7, 11) is -2.18. The number of hydrogen-bond donors (Lipinski definition) is 1. The third kappa shape index (κ3) is 5.86. The van der Waals surface area contributed by atoms with Gasteiger partial charge < -0.3 is 10.2 Å². The zero-order valence-electron chi connectivity index (χ0n) is 18.7. The topological polar surface area (TPSA) is 69.7 Å². The van der Waals surface area contributed by atoms with Crippen LogP contribution >= 0.6 is 0 Å². The van der Waals surface area contributed by atoms with Gasteiger partial charge in [0.1, 0.15) is 0 Å². The van der Waals surface area contributed by atoms with E-state index in [1.807, 2.05) is 6.92 Å². The Hall–Kier alpha value is -2.38. The minimum absolute atomic E-state index is 0.182. The van der Waals surface area contributed by atoms with Crippen LogP contribution in [0.4, 0.5) is 5.69 Å². The predicted octanol–water partition coefficient (Wildman–Crippen LogP) is 3.67. The molecule has 1 fully saturated rings. The highest BCUT2D eigenvalue weighted by molar-refractivity contribution is 7.92. The molecule has 0 bridgehead atoms. The molecule has 31 heavy (non-hydrogen) atoms. The summed E-state index contributed by atoms with van der Waals surface area (Å²) >= 11 is 0. The average molecular weight is 444 g/mol. The highest BCUT2D eigenvalue weighted by atomic mass is 32.2. The van der Waals surface area contributed by atoms with Crippen molar-refractivity contribution in [1.29, 1.82) is 0 Å². The van der Waals surface area contributed by atoms with E-state index in [0.717, 1.165) is 37.5 Å². The molecule has 2 aromatic carbocycles. The van der Waals surface area contributed by atoms with Gasteiger partial charge in [-0.1, -0.05) is 31.2 Å². The number of benzene rings is 2. The SMILES string of the molecule is Cc1ccc(C(=O)NCCCN2CCC[C@H](C)C2)cc1N(C)S(=O)(=O)c1ccccc1. The van der Waals surface area contributed by atoms with Crippen LogP contribution in [0.1, 0.15) is 42.1 Å².